The Morgan fingerprint density at radius 1 is 1.08 bits per heavy atom. The van der Waals surface area contributed by atoms with Gasteiger partial charge < -0.3 is 4.52 Å². The zero-order chi connectivity index (χ0) is 26.1. The highest BCUT2D eigenvalue weighted by Gasteiger charge is 2.28. The van der Waals surface area contributed by atoms with Gasteiger partial charge in [0.25, 0.3) is 15.9 Å². The Hall–Kier alpha value is -3.48. The van der Waals surface area contributed by atoms with E-state index >= 15 is 0 Å². The third-order valence-corrected chi connectivity index (χ3v) is 8.47. The average Bonchev–Trinajstić information content (AvgIpc) is 3.49. The SMILES string of the molecule is Cc1ccccc1C(=O)Nc1nnc(S(=O)(=O)N(C)Cc2nc(-c3ccc(C(C)(C)C)cc3)no2)s1. The molecule has 0 bridgehead atoms. The number of aromatic nitrogens is 4. The summed E-state index contributed by atoms with van der Waals surface area (Å²) in [7, 11) is -2.62. The lowest BCUT2D eigenvalue weighted by Gasteiger charge is -2.18. The maximum absolute atomic E-state index is 13.0. The summed E-state index contributed by atoms with van der Waals surface area (Å²) >= 11 is 0.762. The molecule has 4 rings (SSSR count). The van der Waals surface area contributed by atoms with E-state index in [9.17, 15) is 13.2 Å². The number of hydrogen-bond donors (Lipinski definition) is 1. The highest BCUT2D eigenvalue weighted by atomic mass is 32.2. The fourth-order valence-electron chi connectivity index (χ4n) is 3.32. The lowest BCUT2D eigenvalue weighted by atomic mass is 9.87. The highest BCUT2D eigenvalue weighted by molar-refractivity contribution is 7.91. The Morgan fingerprint density at radius 3 is 2.44 bits per heavy atom. The van der Waals surface area contributed by atoms with E-state index in [-0.39, 0.29) is 27.3 Å². The molecule has 0 saturated heterocycles. The van der Waals surface area contributed by atoms with E-state index < -0.39 is 15.9 Å². The molecule has 0 aliphatic heterocycles. The summed E-state index contributed by atoms with van der Waals surface area (Å²) in [6, 6.07) is 14.9. The number of nitrogens with one attached hydrogen (secondary N) is 1. The van der Waals surface area contributed by atoms with Crippen LogP contribution in [0.3, 0.4) is 0 Å². The lowest BCUT2D eigenvalue weighted by molar-refractivity contribution is 0.102. The monoisotopic (exact) mass is 526 g/mol. The van der Waals surface area contributed by atoms with Crippen LogP contribution in [0.5, 0.6) is 0 Å². The highest BCUT2D eigenvalue weighted by Crippen LogP contribution is 2.26. The van der Waals surface area contributed by atoms with Crippen LogP contribution in [0.2, 0.25) is 0 Å². The van der Waals surface area contributed by atoms with Crippen LogP contribution in [0.4, 0.5) is 5.13 Å². The molecule has 36 heavy (non-hydrogen) atoms. The van der Waals surface area contributed by atoms with Crippen LogP contribution in [0, 0.1) is 6.92 Å². The molecule has 2 aromatic carbocycles. The van der Waals surface area contributed by atoms with Gasteiger partial charge in [0, 0.05) is 18.2 Å². The van der Waals surface area contributed by atoms with Gasteiger partial charge in [0.05, 0.1) is 6.54 Å². The third-order valence-electron chi connectivity index (χ3n) is 5.48. The number of amides is 1. The fraction of sp³-hybridized carbons (Fsp3) is 0.292. The molecule has 0 spiro atoms. The molecule has 10 nitrogen and oxygen atoms in total. The van der Waals surface area contributed by atoms with Gasteiger partial charge in [-0.25, -0.2) is 8.42 Å². The molecule has 0 aliphatic carbocycles. The molecule has 0 aliphatic rings. The Labute approximate surface area is 213 Å². The molecular formula is C24H26N6O4S2. The van der Waals surface area contributed by atoms with Gasteiger partial charge in [0.15, 0.2) is 0 Å². The second kappa shape index (κ2) is 9.88. The normalized spacial score (nSPS) is 12.2. The Kier molecular flexibility index (Phi) is 7.03. The first-order chi connectivity index (χ1) is 16.9. The van der Waals surface area contributed by atoms with Gasteiger partial charge in [-0.05, 0) is 29.5 Å². The Bertz CT molecular complexity index is 1490. The quantitative estimate of drug-likeness (QED) is 0.353. The second-order valence-electron chi connectivity index (χ2n) is 9.24. The van der Waals surface area contributed by atoms with Crippen molar-refractivity contribution in [1.29, 1.82) is 0 Å². The van der Waals surface area contributed by atoms with Crippen molar-refractivity contribution in [3.63, 3.8) is 0 Å². The minimum atomic E-state index is -4.00. The van der Waals surface area contributed by atoms with E-state index in [0.29, 0.717) is 11.4 Å². The van der Waals surface area contributed by atoms with Gasteiger partial charge in [0.1, 0.15) is 0 Å². The molecule has 188 valence electrons. The fourth-order valence-corrected chi connectivity index (χ4v) is 5.52. The van der Waals surface area contributed by atoms with E-state index in [0.717, 1.165) is 26.8 Å². The van der Waals surface area contributed by atoms with Crippen molar-refractivity contribution in [3.8, 4) is 11.4 Å². The van der Waals surface area contributed by atoms with Crippen molar-refractivity contribution in [2.24, 2.45) is 0 Å². The number of hydrogen-bond acceptors (Lipinski definition) is 9. The first-order valence-electron chi connectivity index (χ1n) is 11.1. The Balaban J connectivity index is 1.44. The first-order valence-corrected chi connectivity index (χ1v) is 13.3. The van der Waals surface area contributed by atoms with Crippen LogP contribution in [0.25, 0.3) is 11.4 Å². The summed E-state index contributed by atoms with van der Waals surface area (Å²) in [5, 5.41) is 14.2. The molecule has 4 aromatic rings. The maximum atomic E-state index is 13.0. The number of nitrogens with zero attached hydrogens (tertiary/aromatic N) is 5. The zero-order valence-corrected chi connectivity index (χ0v) is 22.1. The number of rotatable bonds is 7. The van der Waals surface area contributed by atoms with Gasteiger partial charge in [-0.3, -0.25) is 10.1 Å². The van der Waals surface area contributed by atoms with E-state index in [4.69, 9.17) is 4.52 Å². The van der Waals surface area contributed by atoms with E-state index in [2.05, 4.69) is 46.4 Å². The van der Waals surface area contributed by atoms with E-state index in [1.807, 2.05) is 43.3 Å². The Morgan fingerprint density at radius 2 is 1.78 bits per heavy atom. The molecule has 1 amide bonds. The van der Waals surface area contributed by atoms with Gasteiger partial charge in [0.2, 0.25) is 21.2 Å². The summed E-state index contributed by atoms with van der Waals surface area (Å²) in [5.41, 5.74) is 3.21. The number of carbonyl (C=O) groups excluding carboxylic acids is 1. The van der Waals surface area contributed by atoms with Crippen molar-refractivity contribution < 1.29 is 17.7 Å². The van der Waals surface area contributed by atoms with Crippen molar-refractivity contribution in [2.45, 2.75) is 44.0 Å². The van der Waals surface area contributed by atoms with E-state index in [1.165, 1.54) is 12.6 Å². The van der Waals surface area contributed by atoms with Crippen molar-refractivity contribution >= 4 is 32.4 Å². The van der Waals surface area contributed by atoms with Crippen LogP contribution >= 0.6 is 11.3 Å². The maximum Gasteiger partial charge on any atom is 0.272 e. The standard InChI is InChI=1S/C24H26N6O4S2/c1-15-8-6-7-9-18(15)21(31)26-22-27-28-23(35-22)36(32,33)30(5)14-19-25-20(29-34-19)16-10-12-17(13-11-16)24(2,3)4/h6-13H,14H2,1-5H3,(H,26,27,31). The van der Waals surface area contributed by atoms with Gasteiger partial charge >= 0.3 is 0 Å². The third kappa shape index (κ3) is 5.50. The van der Waals surface area contributed by atoms with Crippen LogP contribution < -0.4 is 5.32 Å². The minimum absolute atomic E-state index is 0.0197. The van der Waals surface area contributed by atoms with Gasteiger partial charge in [-0.15, -0.1) is 10.2 Å². The second-order valence-corrected chi connectivity index (χ2v) is 12.4. The molecule has 0 atom stereocenters. The van der Waals surface area contributed by atoms with Crippen molar-refractivity contribution in [3.05, 3.63) is 71.1 Å². The average molecular weight is 527 g/mol. The smallest absolute Gasteiger partial charge is 0.272 e. The molecule has 0 unspecified atom stereocenters. The molecule has 12 heteroatoms. The molecule has 2 aromatic heterocycles. The number of benzene rings is 2. The molecular weight excluding hydrogens is 500 g/mol. The largest absolute Gasteiger partial charge is 0.338 e. The topological polar surface area (TPSA) is 131 Å². The summed E-state index contributed by atoms with van der Waals surface area (Å²) in [6.45, 7) is 8.04. The summed E-state index contributed by atoms with van der Waals surface area (Å²) in [5.74, 6) is 0.109. The molecule has 0 saturated carbocycles. The van der Waals surface area contributed by atoms with Crippen molar-refractivity contribution in [1.82, 2.24) is 24.6 Å². The number of anilines is 1. The summed E-state index contributed by atoms with van der Waals surface area (Å²) in [4.78, 5) is 16.8. The summed E-state index contributed by atoms with van der Waals surface area (Å²) in [6.07, 6.45) is 0. The van der Waals surface area contributed by atoms with Crippen LogP contribution in [-0.2, 0) is 22.0 Å². The molecule has 1 N–H and O–H groups in total. The number of aryl methyl sites for hydroxylation is 1. The molecule has 0 radical (unpaired) electrons. The van der Waals surface area contributed by atoms with Gasteiger partial charge in [-0.1, -0.05) is 79.7 Å². The predicted octanol–water partition coefficient (Wildman–Crippen LogP) is 4.27. The van der Waals surface area contributed by atoms with Crippen LogP contribution in [0.1, 0.15) is 48.1 Å². The number of sulfonamides is 1. The minimum Gasteiger partial charge on any atom is -0.338 e. The van der Waals surface area contributed by atoms with Gasteiger partial charge in [-0.2, -0.15) is 9.29 Å². The van der Waals surface area contributed by atoms with Crippen LogP contribution in [0.15, 0.2) is 57.4 Å². The lowest BCUT2D eigenvalue weighted by Crippen LogP contribution is -2.26. The van der Waals surface area contributed by atoms with Crippen LogP contribution in [-0.4, -0.2) is 46.0 Å². The summed E-state index contributed by atoms with van der Waals surface area (Å²) < 4.78 is 32.1. The number of carbonyl (C=O) groups is 1. The first kappa shape index (κ1) is 25.6. The zero-order valence-electron chi connectivity index (χ0n) is 20.5. The van der Waals surface area contributed by atoms with Crippen molar-refractivity contribution in [2.75, 3.05) is 12.4 Å². The predicted molar refractivity (Wildman–Crippen MR) is 136 cm³/mol. The van der Waals surface area contributed by atoms with E-state index in [1.54, 1.807) is 12.1 Å². The molecule has 0 fully saturated rings. The molecule has 2 heterocycles.